The lowest BCUT2D eigenvalue weighted by molar-refractivity contribution is 0.182. The van der Waals surface area contributed by atoms with Crippen molar-refractivity contribution in [3.8, 4) is 0 Å². The first-order valence-electron chi connectivity index (χ1n) is 4.16. The Morgan fingerprint density at radius 3 is 2.27 bits per heavy atom. The van der Waals surface area contributed by atoms with Gasteiger partial charge in [-0.1, -0.05) is 23.2 Å². The van der Waals surface area contributed by atoms with Crippen molar-refractivity contribution in [2.75, 3.05) is 0 Å². The molecule has 0 aliphatic rings. The Balaban J connectivity index is 3.08. The number of amides is 1. The van der Waals surface area contributed by atoms with Crippen molar-refractivity contribution < 1.29 is 9.90 Å². The van der Waals surface area contributed by atoms with Crippen molar-refractivity contribution in [1.29, 1.82) is 0 Å². The summed E-state index contributed by atoms with van der Waals surface area (Å²) in [6.07, 6.45) is -1.11. The van der Waals surface area contributed by atoms with Gasteiger partial charge < -0.3 is 10.4 Å². The fourth-order valence-corrected chi connectivity index (χ4v) is 1.63. The van der Waals surface area contributed by atoms with Crippen LogP contribution >= 0.6 is 23.2 Å². The highest BCUT2D eigenvalue weighted by molar-refractivity contribution is 6.32. The second-order valence-corrected chi connectivity index (χ2v) is 4.33. The van der Waals surface area contributed by atoms with Gasteiger partial charge in [-0.05, 0) is 31.5 Å². The minimum atomic E-state index is -1.11. The fraction of sp³-hybridized carbons (Fsp3) is 0.333. The van der Waals surface area contributed by atoms with E-state index in [1.54, 1.807) is 26.0 Å². The highest BCUT2D eigenvalue weighted by Gasteiger charge is 2.23. The van der Waals surface area contributed by atoms with Gasteiger partial charge >= 0.3 is 6.09 Å². The van der Waals surface area contributed by atoms with Gasteiger partial charge in [0.2, 0.25) is 0 Å². The number of halogens is 2. The molecule has 1 aromatic heterocycles. The first kappa shape index (κ1) is 12.1. The van der Waals surface area contributed by atoms with Crippen LogP contribution in [0.1, 0.15) is 19.4 Å². The number of nitrogens with zero attached hydrogens (tertiary/aromatic N) is 1. The molecule has 0 atom stereocenters. The summed E-state index contributed by atoms with van der Waals surface area (Å²) < 4.78 is 0. The smallest absolute Gasteiger partial charge is 0.405 e. The second-order valence-electron chi connectivity index (χ2n) is 3.56. The lowest BCUT2D eigenvalue weighted by Gasteiger charge is -2.25. The average molecular weight is 249 g/mol. The summed E-state index contributed by atoms with van der Waals surface area (Å²) in [5, 5.41) is 11.5. The molecule has 0 saturated heterocycles. The van der Waals surface area contributed by atoms with Crippen molar-refractivity contribution in [2.24, 2.45) is 0 Å². The Bertz CT molecular complexity index is 373. The maximum absolute atomic E-state index is 10.6. The highest BCUT2D eigenvalue weighted by Crippen LogP contribution is 2.24. The van der Waals surface area contributed by atoms with E-state index >= 15 is 0 Å². The van der Waals surface area contributed by atoms with Gasteiger partial charge in [-0.2, -0.15) is 0 Å². The summed E-state index contributed by atoms with van der Waals surface area (Å²) in [5.41, 5.74) is -0.0999. The molecule has 0 aliphatic heterocycles. The lowest BCUT2D eigenvalue weighted by Crippen LogP contribution is -2.40. The van der Waals surface area contributed by atoms with E-state index in [4.69, 9.17) is 28.3 Å². The Kier molecular flexibility index (Phi) is 3.42. The molecule has 1 heterocycles. The summed E-state index contributed by atoms with van der Waals surface area (Å²) in [6, 6.07) is 3.15. The number of carbonyl (C=O) groups is 1. The zero-order chi connectivity index (χ0) is 11.6. The van der Waals surface area contributed by atoms with E-state index in [2.05, 4.69) is 10.3 Å². The SMILES string of the molecule is CC(C)(NC(=O)O)c1cc(Cl)nc(Cl)c1. The van der Waals surface area contributed by atoms with Crippen LogP contribution in [0.25, 0.3) is 0 Å². The molecular weight excluding hydrogens is 239 g/mol. The summed E-state index contributed by atoms with van der Waals surface area (Å²) >= 11 is 11.4. The molecule has 0 radical (unpaired) electrons. The fourth-order valence-electron chi connectivity index (χ4n) is 1.17. The number of hydrogen-bond acceptors (Lipinski definition) is 2. The number of hydrogen-bond donors (Lipinski definition) is 2. The first-order chi connectivity index (χ1) is 6.81. The highest BCUT2D eigenvalue weighted by atomic mass is 35.5. The maximum Gasteiger partial charge on any atom is 0.405 e. The first-order valence-corrected chi connectivity index (χ1v) is 4.91. The summed E-state index contributed by atoms with van der Waals surface area (Å²) in [6.45, 7) is 3.42. The van der Waals surface area contributed by atoms with E-state index in [9.17, 15) is 4.79 Å². The molecule has 82 valence electrons. The van der Waals surface area contributed by atoms with Crippen LogP contribution < -0.4 is 5.32 Å². The monoisotopic (exact) mass is 248 g/mol. The molecule has 4 nitrogen and oxygen atoms in total. The molecule has 6 heteroatoms. The van der Waals surface area contributed by atoms with Gasteiger partial charge in [-0.15, -0.1) is 0 Å². The molecule has 0 fully saturated rings. The summed E-state index contributed by atoms with van der Waals surface area (Å²) in [7, 11) is 0. The van der Waals surface area contributed by atoms with Crippen LogP contribution in [0.3, 0.4) is 0 Å². The van der Waals surface area contributed by atoms with Crippen molar-refractivity contribution in [1.82, 2.24) is 10.3 Å². The molecule has 0 spiro atoms. The molecule has 0 aromatic carbocycles. The molecule has 0 aliphatic carbocycles. The van der Waals surface area contributed by atoms with Gasteiger partial charge in [0.05, 0.1) is 5.54 Å². The number of pyridine rings is 1. The average Bonchev–Trinajstić information content (AvgIpc) is 1.99. The number of rotatable bonds is 2. The van der Waals surface area contributed by atoms with E-state index in [0.717, 1.165) is 0 Å². The molecule has 2 N–H and O–H groups in total. The van der Waals surface area contributed by atoms with Crippen LogP contribution in [0.4, 0.5) is 4.79 Å². The van der Waals surface area contributed by atoms with Crippen molar-refractivity contribution >= 4 is 29.3 Å². The normalized spacial score (nSPS) is 11.2. The van der Waals surface area contributed by atoms with Crippen LogP contribution in [-0.4, -0.2) is 16.2 Å². The molecule has 0 bridgehead atoms. The molecule has 1 rings (SSSR count). The van der Waals surface area contributed by atoms with Crippen LogP contribution in [-0.2, 0) is 5.54 Å². The van der Waals surface area contributed by atoms with Gasteiger partial charge in [-0.25, -0.2) is 9.78 Å². The quantitative estimate of drug-likeness (QED) is 0.792. The Labute approximate surface area is 97.2 Å². The third-order valence-electron chi connectivity index (χ3n) is 1.90. The molecule has 1 amide bonds. The molecule has 1 aromatic rings. The summed E-state index contributed by atoms with van der Waals surface area (Å²) in [4.78, 5) is 14.3. The third-order valence-corrected chi connectivity index (χ3v) is 2.29. The largest absolute Gasteiger partial charge is 0.465 e. The van der Waals surface area contributed by atoms with Gasteiger partial charge in [-0.3, -0.25) is 0 Å². The predicted octanol–water partition coefficient (Wildman–Crippen LogP) is 2.89. The summed E-state index contributed by atoms with van der Waals surface area (Å²) in [5.74, 6) is 0. The van der Waals surface area contributed by atoms with E-state index in [0.29, 0.717) is 5.56 Å². The molecule has 0 unspecified atom stereocenters. The Morgan fingerprint density at radius 2 is 1.87 bits per heavy atom. The zero-order valence-corrected chi connectivity index (χ0v) is 9.73. The van der Waals surface area contributed by atoms with Crippen molar-refractivity contribution in [3.05, 3.63) is 28.0 Å². The number of aromatic nitrogens is 1. The standard InChI is InChI=1S/C9H10Cl2N2O2/c1-9(2,13-8(14)15)5-3-6(10)12-7(11)4-5/h3-4,13H,1-2H3,(H,14,15). The topological polar surface area (TPSA) is 62.2 Å². The van der Waals surface area contributed by atoms with Crippen molar-refractivity contribution in [3.63, 3.8) is 0 Å². The van der Waals surface area contributed by atoms with E-state index in [-0.39, 0.29) is 10.3 Å². The minimum Gasteiger partial charge on any atom is -0.465 e. The van der Waals surface area contributed by atoms with Crippen LogP contribution in [0.2, 0.25) is 10.3 Å². The molecule has 15 heavy (non-hydrogen) atoms. The van der Waals surface area contributed by atoms with Crippen LogP contribution in [0.15, 0.2) is 12.1 Å². The Hall–Kier alpha value is -1.00. The zero-order valence-electron chi connectivity index (χ0n) is 8.21. The predicted molar refractivity (Wildman–Crippen MR) is 58.4 cm³/mol. The van der Waals surface area contributed by atoms with Gasteiger partial charge in [0.25, 0.3) is 0 Å². The second kappa shape index (κ2) is 4.24. The van der Waals surface area contributed by atoms with Crippen molar-refractivity contribution in [2.45, 2.75) is 19.4 Å². The van der Waals surface area contributed by atoms with Gasteiger partial charge in [0.15, 0.2) is 0 Å². The van der Waals surface area contributed by atoms with Gasteiger partial charge in [0, 0.05) is 0 Å². The molecular formula is C9H10Cl2N2O2. The van der Waals surface area contributed by atoms with Gasteiger partial charge in [0.1, 0.15) is 10.3 Å². The minimum absolute atomic E-state index is 0.234. The van der Waals surface area contributed by atoms with Crippen LogP contribution in [0.5, 0.6) is 0 Å². The Morgan fingerprint density at radius 1 is 1.40 bits per heavy atom. The van der Waals surface area contributed by atoms with Crippen LogP contribution in [0, 0.1) is 0 Å². The number of carboxylic acid groups (broad SMARTS) is 1. The lowest BCUT2D eigenvalue weighted by atomic mass is 9.96. The maximum atomic E-state index is 10.6. The van der Waals surface area contributed by atoms with E-state index in [1.165, 1.54) is 0 Å². The third kappa shape index (κ3) is 3.25. The molecule has 0 saturated carbocycles. The number of nitrogens with one attached hydrogen (secondary N) is 1. The van der Waals surface area contributed by atoms with E-state index < -0.39 is 11.6 Å². The van der Waals surface area contributed by atoms with E-state index in [1.807, 2.05) is 0 Å².